The molecule has 0 spiro atoms. The van der Waals surface area contributed by atoms with Gasteiger partial charge in [0, 0.05) is 60.3 Å². The zero-order valence-electron chi connectivity index (χ0n) is 41.0. The summed E-state index contributed by atoms with van der Waals surface area (Å²) in [6, 6.07) is 39.2. The number of H-pyrrole nitrogens is 1. The third-order valence-corrected chi connectivity index (χ3v) is 15.0. The van der Waals surface area contributed by atoms with Crippen molar-refractivity contribution in [3.63, 3.8) is 0 Å². The second-order valence-corrected chi connectivity index (χ2v) is 20.5. The van der Waals surface area contributed by atoms with E-state index in [0.29, 0.717) is 28.2 Å². The van der Waals surface area contributed by atoms with Crippen LogP contribution in [-0.4, -0.2) is 86.9 Å². The lowest BCUT2D eigenvalue weighted by Gasteiger charge is -2.37. The van der Waals surface area contributed by atoms with Gasteiger partial charge in [-0.25, -0.2) is 9.59 Å². The molecule has 2 aliphatic rings. The summed E-state index contributed by atoms with van der Waals surface area (Å²) in [5, 5.41) is 25.6. The quantitative estimate of drug-likeness (QED) is 0.0303. The zero-order chi connectivity index (χ0) is 53.6. The normalized spacial score (nSPS) is 20.1. The molecule has 0 saturated carbocycles. The van der Waals surface area contributed by atoms with Gasteiger partial charge in [-0.1, -0.05) is 72.8 Å². The first-order valence-corrected chi connectivity index (χ1v) is 26.3. The van der Waals surface area contributed by atoms with Crippen LogP contribution in [0, 0.1) is 17.0 Å². The van der Waals surface area contributed by atoms with Gasteiger partial charge in [-0.15, -0.1) is 0 Å². The Morgan fingerprint density at radius 3 is 1.99 bits per heavy atom. The summed E-state index contributed by atoms with van der Waals surface area (Å²) in [6.45, 7) is -3.29. The van der Waals surface area contributed by atoms with Crippen LogP contribution in [0.4, 0.5) is 11.5 Å². The first kappa shape index (κ1) is 53.2. The lowest BCUT2D eigenvalue weighted by molar-refractivity contribution is -0.384. The Bertz CT molecular complexity index is 3350. The van der Waals surface area contributed by atoms with Crippen molar-refractivity contribution in [2.45, 2.75) is 62.2 Å². The number of carbonyl (C=O) groups excluding carboxylic acids is 1. The van der Waals surface area contributed by atoms with Gasteiger partial charge < -0.3 is 38.6 Å². The molecular weight excluding hydrogens is 1020 g/mol. The number of aromatic amines is 1. The average molecular weight is 1080 g/mol. The van der Waals surface area contributed by atoms with Crippen LogP contribution in [0.1, 0.15) is 57.9 Å². The summed E-state index contributed by atoms with van der Waals surface area (Å²) in [7, 11) is 3.13. The molecule has 394 valence electrons. The molecule has 23 heteroatoms. The number of hydrogen-bond donors (Lipinski definition) is 3. The van der Waals surface area contributed by atoms with Crippen LogP contribution in [-0.2, 0) is 40.7 Å². The maximum absolute atomic E-state index is 13.5. The fourth-order valence-electron chi connectivity index (χ4n) is 8.90. The second kappa shape index (κ2) is 23.1. The van der Waals surface area contributed by atoms with Crippen LogP contribution >= 0.6 is 6.72 Å². The highest BCUT2D eigenvalue weighted by Crippen LogP contribution is 2.54. The number of methoxy groups -OCH3 is 2. The number of non-ortho nitro benzene ring substituents is 1. The van der Waals surface area contributed by atoms with Gasteiger partial charge in [0.2, 0.25) is 0 Å². The third-order valence-electron chi connectivity index (χ3n) is 12.8. The van der Waals surface area contributed by atoms with Crippen molar-refractivity contribution >= 4 is 35.9 Å². The SMILES string of the molecule is COc1ccc(C(OC[C@H]2O[C@@H](n3cc(C)c(=O)[nH]c3=O)C[C@@H]2OP(=S)(OC[C@H]2O[C@@H](n3ccc(NC(=O)c4ccccc4)nc3=O)C[C@@H]2O)Oc2ccc([N+](=O)[O-])cc2)(c2ccccc2)c2ccc(OC)cc2)cc1. The van der Waals surface area contributed by atoms with Crippen LogP contribution in [0.25, 0.3) is 0 Å². The topological polar surface area (TPSA) is 256 Å². The van der Waals surface area contributed by atoms with Crippen molar-refractivity contribution in [1.82, 2.24) is 19.1 Å². The van der Waals surface area contributed by atoms with Gasteiger partial charge in [0.05, 0.1) is 38.5 Å². The molecule has 2 fully saturated rings. The monoisotopic (exact) mass is 1070 g/mol. The maximum Gasteiger partial charge on any atom is 0.381 e. The number of aromatic nitrogens is 4. The number of ether oxygens (including phenoxy) is 5. The second-order valence-electron chi connectivity index (χ2n) is 17.6. The minimum absolute atomic E-state index is 0.00406. The Morgan fingerprint density at radius 1 is 0.803 bits per heavy atom. The van der Waals surface area contributed by atoms with Crippen molar-refractivity contribution in [3.8, 4) is 17.2 Å². The van der Waals surface area contributed by atoms with Gasteiger partial charge in [0.15, 0.2) is 0 Å². The van der Waals surface area contributed by atoms with Gasteiger partial charge >= 0.3 is 18.1 Å². The maximum atomic E-state index is 13.5. The van der Waals surface area contributed by atoms with Gasteiger partial charge in [-0.2, -0.15) is 4.98 Å². The summed E-state index contributed by atoms with van der Waals surface area (Å²) >= 11 is 6.15. The molecule has 1 amide bonds. The van der Waals surface area contributed by atoms with Crippen LogP contribution in [0.5, 0.6) is 17.2 Å². The summed E-state index contributed by atoms with van der Waals surface area (Å²) in [5.41, 5.74) is -0.934. The lowest BCUT2D eigenvalue weighted by Crippen LogP contribution is -2.38. The first-order chi connectivity index (χ1) is 36.6. The van der Waals surface area contributed by atoms with E-state index in [1.807, 2.05) is 78.9 Å². The van der Waals surface area contributed by atoms with E-state index in [1.165, 1.54) is 47.3 Å². The number of anilines is 1. The Labute approximate surface area is 438 Å². The molecule has 2 aromatic heterocycles. The van der Waals surface area contributed by atoms with Crippen molar-refractivity contribution < 1.29 is 52.1 Å². The number of rotatable bonds is 20. The number of amides is 1. The van der Waals surface area contributed by atoms with Crippen molar-refractivity contribution in [2.75, 3.05) is 32.8 Å². The fraction of sp³-hybridized carbons (Fsp3) is 0.264. The number of nitro benzene ring substituents is 1. The summed E-state index contributed by atoms with van der Waals surface area (Å²) in [5.74, 6) is 0.783. The predicted molar refractivity (Wildman–Crippen MR) is 279 cm³/mol. The van der Waals surface area contributed by atoms with Gasteiger partial charge in [-0.05, 0) is 78.2 Å². The third kappa shape index (κ3) is 11.7. The Kier molecular flexibility index (Phi) is 16.1. The van der Waals surface area contributed by atoms with E-state index >= 15 is 0 Å². The Balaban J connectivity index is 1.03. The number of hydrogen-bond acceptors (Lipinski definition) is 17. The summed E-state index contributed by atoms with van der Waals surface area (Å²) in [6.07, 6.45) is -3.97. The molecular formula is C53H51N6O15PS. The molecule has 4 heterocycles. The van der Waals surface area contributed by atoms with Crippen molar-refractivity contribution in [1.29, 1.82) is 0 Å². The molecule has 2 saturated heterocycles. The number of nitro groups is 1. The number of carbonyl (C=O) groups is 1. The molecule has 21 nitrogen and oxygen atoms in total. The molecule has 7 aromatic rings. The summed E-state index contributed by atoms with van der Waals surface area (Å²) in [4.78, 5) is 69.4. The highest BCUT2D eigenvalue weighted by molar-refractivity contribution is 8.07. The Morgan fingerprint density at radius 2 is 1.38 bits per heavy atom. The average Bonchev–Trinajstić information content (AvgIpc) is 4.02. The number of aryl methyl sites for hydroxylation is 1. The number of aliphatic hydroxyl groups is 1. The fourth-order valence-corrected chi connectivity index (χ4v) is 11.1. The molecule has 3 N–H and O–H groups in total. The molecule has 7 atom stereocenters. The highest BCUT2D eigenvalue weighted by atomic mass is 32.5. The van der Waals surface area contributed by atoms with Crippen molar-refractivity contribution in [3.05, 3.63) is 221 Å². The molecule has 2 aliphatic heterocycles. The highest BCUT2D eigenvalue weighted by Gasteiger charge is 2.46. The molecule has 1 unspecified atom stereocenters. The van der Waals surface area contributed by atoms with Crippen LogP contribution in [0.3, 0.4) is 0 Å². The number of benzene rings is 5. The van der Waals surface area contributed by atoms with E-state index in [0.717, 1.165) is 10.1 Å². The van der Waals surface area contributed by atoms with E-state index in [-0.39, 0.29) is 42.3 Å². The standard InChI is InChI=1S/C53H51N6O15PS/c1-33-30-58(52(64)56-49(33)61)48-29-43(45(72-48)31-69-53(35-12-8-5-9-13-35,36-14-20-39(67-2)21-15-36)37-16-22-40(68-3)23-17-37)74-75(76,73-41-24-18-38(19-25-41)59(65)66)70-32-44-42(60)28-47(71-44)57-27-26-46(55-51(57)63)54-50(62)34-10-6-4-7-11-34/h4-27,30,42-45,47-48,60H,28-29,31-32H2,1-3H3,(H,56,61,64)(H,54,55,62,63)/t42-,43-,44+,45+,47+,48+,75?/m0/s1. The van der Waals surface area contributed by atoms with E-state index < -0.39 is 83.6 Å². The molecule has 9 rings (SSSR count). The molecule has 5 aromatic carbocycles. The minimum atomic E-state index is -4.15. The van der Waals surface area contributed by atoms with Gasteiger partial charge in [-0.3, -0.25) is 42.9 Å². The van der Waals surface area contributed by atoms with E-state index in [1.54, 1.807) is 51.5 Å². The Hall–Kier alpha value is -7.66. The smallest absolute Gasteiger partial charge is 0.381 e. The van der Waals surface area contributed by atoms with E-state index in [2.05, 4.69) is 15.3 Å². The van der Waals surface area contributed by atoms with Crippen LogP contribution < -0.4 is 36.3 Å². The van der Waals surface area contributed by atoms with Crippen LogP contribution in [0.15, 0.2) is 166 Å². The number of nitrogens with zero attached hydrogens (tertiary/aromatic N) is 4. The molecule has 0 aliphatic carbocycles. The largest absolute Gasteiger partial charge is 0.497 e. The zero-order valence-corrected chi connectivity index (χ0v) is 42.7. The van der Waals surface area contributed by atoms with Gasteiger partial charge in [0.1, 0.15) is 59.4 Å². The lowest BCUT2D eigenvalue weighted by atomic mass is 9.80. The van der Waals surface area contributed by atoms with Crippen LogP contribution in [0.2, 0.25) is 0 Å². The molecule has 76 heavy (non-hydrogen) atoms. The number of aliphatic hydroxyl groups excluding tert-OH is 1. The first-order valence-electron chi connectivity index (χ1n) is 23.8. The molecule has 0 radical (unpaired) electrons. The predicted octanol–water partition coefficient (Wildman–Crippen LogP) is 6.93. The van der Waals surface area contributed by atoms with E-state index in [9.17, 15) is 34.4 Å². The van der Waals surface area contributed by atoms with Gasteiger partial charge in [0.25, 0.3) is 17.2 Å². The number of nitrogens with one attached hydrogen (secondary N) is 2. The van der Waals surface area contributed by atoms with Crippen molar-refractivity contribution in [2.24, 2.45) is 0 Å². The van der Waals surface area contributed by atoms with E-state index in [4.69, 9.17) is 49.1 Å². The molecule has 0 bridgehead atoms. The minimum Gasteiger partial charge on any atom is -0.497 e. The summed E-state index contributed by atoms with van der Waals surface area (Å²) < 4.78 is 53.0.